The number of hydrogen-bond acceptors (Lipinski definition) is 4. The minimum Gasteiger partial charge on any atom is -0.480 e. The third-order valence-corrected chi connectivity index (χ3v) is 5.67. The van der Waals surface area contributed by atoms with Crippen LogP contribution in [-0.2, 0) is 14.6 Å². The normalized spacial score (nSPS) is 18.4. The van der Waals surface area contributed by atoms with Crippen molar-refractivity contribution in [2.45, 2.75) is 37.1 Å². The Morgan fingerprint density at radius 3 is 2.45 bits per heavy atom. The van der Waals surface area contributed by atoms with E-state index in [1.807, 2.05) is 0 Å². The van der Waals surface area contributed by atoms with E-state index in [-0.39, 0.29) is 16.6 Å². The quantitative estimate of drug-likeness (QED) is 0.887. The second kappa shape index (κ2) is 6.48. The van der Waals surface area contributed by atoms with Crippen LogP contribution in [0, 0.1) is 0 Å². The van der Waals surface area contributed by atoms with E-state index in [2.05, 4.69) is 0 Å². The predicted octanol–water partition coefficient (Wildman–Crippen LogP) is 1.56. The molecule has 0 aromatic heterocycles. The number of carboxylic acid groups (broad SMARTS) is 1. The Hall–Kier alpha value is -1.89. The topological polar surface area (TPSA) is 91.8 Å². The molecule has 1 atom stereocenters. The van der Waals surface area contributed by atoms with E-state index in [4.69, 9.17) is 5.11 Å². The zero-order valence-electron chi connectivity index (χ0n) is 12.4. The highest BCUT2D eigenvalue weighted by Gasteiger charge is 2.34. The first-order chi connectivity index (χ1) is 10.4. The van der Waals surface area contributed by atoms with Crippen molar-refractivity contribution in [1.82, 2.24) is 4.90 Å². The van der Waals surface area contributed by atoms with Gasteiger partial charge in [-0.2, -0.15) is 0 Å². The number of nitrogens with zero attached hydrogens (tertiary/aromatic N) is 1. The number of carbonyl (C=O) groups is 2. The highest BCUT2D eigenvalue weighted by atomic mass is 32.2. The Kier molecular flexibility index (Phi) is 4.85. The predicted molar refractivity (Wildman–Crippen MR) is 80.5 cm³/mol. The van der Waals surface area contributed by atoms with E-state index in [1.54, 1.807) is 6.92 Å². The molecule has 1 saturated heterocycles. The van der Waals surface area contributed by atoms with Gasteiger partial charge in [-0.1, -0.05) is 6.92 Å². The van der Waals surface area contributed by atoms with Gasteiger partial charge in [-0.3, -0.25) is 4.79 Å². The van der Waals surface area contributed by atoms with Crippen LogP contribution < -0.4 is 0 Å². The number of likely N-dealkylation sites (tertiary alicyclic amines) is 1. The molecule has 1 aromatic carbocycles. The molecule has 6 nitrogen and oxygen atoms in total. The zero-order valence-corrected chi connectivity index (χ0v) is 13.2. The van der Waals surface area contributed by atoms with Gasteiger partial charge in [-0.25, -0.2) is 13.2 Å². The molecule has 0 bridgehead atoms. The van der Waals surface area contributed by atoms with Crippen molar-refractivity contribution in [2.75, 3.05) is 12.3 Å². The van der Waals surface area contributed by atoms with Gasteiger partial charge in [0.25, 0.3) is 5.91 Å². The lowest BCUT2D eigenvalue weighted by Gasteiger charge is -2.21. The Bertz CT molecular complexity index is 666. The lowest BCUT2D eigenvalue weighted by atomic mass is 10.1. The van der Waals surface area contributed by atoms with Crippen LogP contribution in [0.1, 0.15) is 36.5 Å². The monoisotopic (exact) mass is 325 g/mol. The number of benzene rings is 1. The van der Waals surface area contributed by atoms with Gasteiger partial charge in [-0.05, 0) is 43.5 Å². The minimum atomic E-state index is -3.32. The van der Waals surface area contributed by atoms with Gasteiger partial charge in [0.15, 0.2) is 9.84 Å². The number of hydrogen-bond donors (Lipinski definition) is 1. The molecule has 1 N–H and O–H groups in total. The van der Waals surface area contributed by atoms with E-state index in [1.165, 1.54) is 29.2 Å². The first kappa shape index (κ1) is 16.5. The number of sulfone groups is 1. The maximum absolute atomic E-state index is 12.4. The Labute approximate surface area is 129 Å². The van der Waals surface area contributed by atoms with Crippen LogP contribution in [0.2, 0.25) is 0 Å². The van der Waals surface area contributed by atoms with Crippen LogP contribution in [0.5, 0.6) is 0 Å². The van der Waals surface area contributed by atoms with Gasteiger partial charge in [0, 0.05) is 12.1 Å². The minimum absolute atomic E-state index is 0.0630. The maximum Gasteiger partial charge on any atom is 0.326 e. The smallest absolute Gasteiger partial charge is 0.326 e. The van der Waals surface area contributed by atoms with Crippen LogP contribution in [-0.4, -0.2) is 48.6 Å². The summed E-state index contributed by atoms with van der Waals surface area (Å²) in [5.74, 6) is -1.31. The standard InChI is InChI=1S/C15H19NO5S/c1-2-10-22(20,21)12-7-5-11(6-8-12)14(17)16-9-3-4-13(16)15(18)19/h5-8,13H,2-4,9-10H2,1H3,(H,18,19). The highest BCUT2D eigenvalue weighted by molar-refractivity contribution is 7.91. The Balaban J connectivity index is 2.20. The summed E-state index contributed by atoms with van der Waals surface area (Å²) in [5.41, 5.74) is 0.309. The molecule has 22 heavy (non-hydrogen) atoms. The molecule has 1 amide bonds. The van der Waals surface area contributed by atoms with Gasteiger partial charge in [0.2, 0.25) is 0 Å². The van der Waals surface area contributed by atoms with E-state index >= 15 is 0 Å². The molecular weight excluding hydrogens is 306 g/mol. The van der Waals surface area contributed by atoms with Crippen LogP contribution in [0.25, 0.3) is 0 Å². The van der Waals surface area contributed by atoms with E-state index in [0.29, 0.717) is 31.4 Å². The highest BCUT2D eigenvalue weighted by Crippen LogP contribution is 2.21. The Morgan fingerprint density at radius 2 is 1.91 bits per heavy atom. The fraction of sp³-hybridized carbons (Fsp3) is 0.467. The molecule has 1 aliphatic rings. The molecule has 0 aliphatic carbocycles. The average Bonchev–Trinajstić information content (AvgIpc) is 2.96. The van der Waals surface area contributed by atoms with Gasteiger partial charge >= 0.3 is 5.97 Å². The molecule has 1 fully saturated rings. The molecular formula is C15H19NO5S. The average molecular weight is 325 g/mol. The molecule has 120 valence electrons. The summed E-state index contributed by atoms with van der Waals surface area (Å²) >= 11 is 0. The molecule has 1 aliphatic heterocycles. The summed E-state index contributed by atoms with van der Waals surface area (Å²) in [7, 11) is -3.32. The summed E-state index contributed by atoms with van der Waals surface area (Å²) in [6, 6.07) is 4.91. The summed E-state index contributed by atoms with van der Waals surface area (Å²) in [6.45, 7) is 2.19. The largest absolute Gasteiger partial charge is 0.480 e. The number of carbonyl (C=O) groups excluding carboxylic acids is 1. The Morgan fingerprint density at radius 1 is 1.27 bits per heavy atom. The SMILES string of the molecule is CCCS(=O)(=O)c1ccc(C(=O)N2CCCC2C(=O)O)cc1. The fourth-order valence-corrected chi connectivity index (χ4v) is 3.95. The lowest BCUT2D eigenvalue weighted by Crippen LogP contribution is -2.40. The van der Waals surface area contributed by atoms with Crippen molar-refractivity contribution < 1.29 is 23.1 Å². The number of amides is 1. The summed E-state index contributed by atoms with van der Waals surface area (Å²) in [6.07, 6.45) is 1.63. The summed E-state index contributed by atoms with van der Waals surface area (Å²) in [4.78, 5) is 25.0. The van der Waals surface area contributed by atoms with E-state index in [9.17, 15) is 18.0 Å². The van der Waals surface area contributed by atoms with Gasteiger partial charge < -0.3 is 10.0 Å². The third kappa shape index (κ3) is 3.30. The summed E-state index contributed by atoms with van der Waals surface area (Å²) in [5, 5.41) is 9.12. The van der Waals surface area contributed by atoms with Crippen molar-refractivity contribution in [3.8, 4) is 0 Å². The van der Waals surface area contributed by atoms with Crippen molar-refractivity contribution in [1.29, 1.82) is 0 Å². The lowest BCUT2D eigenvalue weighted by molar-refractivity contribution is -0.141. The second-order valence-corrected chi connectivity index (χ2v) is 7.45. The van der Waals surface area contributed by atoms with E-state index in [0.717, 1.165) is 0 Å². The fourth-order valence-electron chi connectivity index (χ4n) is 2.62. The van der Waals surface area contributed by atoms with Crippen LogP contribution in [0.15, 0.2) is 29.2 Å². The number of aliphatic carboxylic acids is 1. The van der Waals surface area contributed by atoms with Crippen molar-refractivity contribution in [3.63, 3.8) is 0 Å². The number of carboxylic acids is 1. The maximum atomic E-state index is 12.4. The molecule has 1 aromatic rings. The number of rotatable bonds is 5. The second-order valence-electron chi connectivity index (χ2n) is 5.34. The molecule has 0 saturated carbocycles. The van der Waals surface area contributed by atoms with Gasteiger partial charge in [-0.15, -0.1) is 0 Å². The zero-order chi connectivity index (χ0) is 16.3. The third-order valence-electron chi connectivity index (χ3n) is 3.73. The molecule has 1 heterocycles. The molecule has 1 unspecified atom stereocenters. The first-order valence-electron chi connectivity index (χ1n) is 7.23. The van der Waals surface area contributed by atoms with Crippen molar-refractivity contribution >= 4 is 21.7 Å². The first-order valence-corrected chi connectivity index (χ1v) is 8.88. The van der Waals surface area contributed by atoms with Crippen LogP contribution in [0.4, 0.5) is 0 Å². The molecule has 7 heteroatoms. The van der Waals surface area contributed by atoms with Crippen molar-refractivity contribution in [2.24, 2.45) is 0 Å². The van der Waals surface area contributed by atoms with Crippen LogP contribution in [0.3, 0.4) is 0 Å². The van der Waals surface area contributed by atoms with Crippen molar-refractivity contribution in [3.05, 3.63) is 29.8 Å². The molecule has 2 rings (SSSR count). The molecule has 0 spiro atoms. The summed E-state index contributed by atoms with van der Waals surface area (Å²) < 4.78 is 23.9. The van der Waals surface area contributed by atoms with E-state index < -0.39 is 21.8 Å². The van der Waals surface area contributed by atoms with Crippen LogP contribution >= 0.6 is 0 Å². The molecule has 0 radical (unpaired) electrons. The van der Waals surface area contributed by atoms with Gasteiger partial charge in [0.1, 0.15) is 6.04 Å². The van der Waals surface area contributed by atoms with Gasteiger partial charge in [0.05, 0.1) is 10.6 Å².